The third kappa shape index (κ3) is 3.87. The highest BCUT2D eigenvalue weighted by Crippen LogP contribution is 2.08. The first-order valence-corrected chi connectivity index (χ1v) is 6.97. The van der Waals surface area contributed by atoms with Crippen molar-refractivity contribution in [1.29, 1.82) is 0 Å². The topological polar surface area (TPSA) is 34.0 Å². The summed E-state index contributed by atoms with van der Waals surface area (Å²) in [6.45, 7) is 9.50. The van der Waals surface area contributed by atoms with Crippen LogP contribution in [0.4, 0.5) is 0 Å². The number of hydrogen-bond donors (Lipinski definition) is 0. The minimum atomic E-state index is 0.382. The second kappa shape index (κ2) is 7.01. The van der Waals surface area contributed by atoms with E-state index in [1.54, 1.807) is 6.33 Å². The largest absolute Gasteiger partial charge is 0.296 e. The van der Waals surface area contributed by atoms with Crippen molar-refractivity contribution in [3.8, 4) is 0 Å². The predicted molar refractivity (Wildman–Crippen MR) is 69.8 cm³/mol. The fourth-order valence-corrected chi connectivity index (χ4v) is 1.90. The van der Waals surface area contributed by atoms with E-state index >= 15 is 0 Å². The molecule has 92 valence electrons. The molecule has 0 fully saturated rings. The molecular weight excluding hydrogens is 268 g/mol. The Morgan fingerprint density at radius 1 is 1.50 bits per heavy atom. The molecule has 0 bridgehead atoms. The number of hydrogen-bond acceptors (Lipinski definition) is 3. The van der Waals surface area contributed by atoms with Crippen LogP contribution >= 0.6 is 15.9 Å². The van der Waals surface area contributed by atoms with Crippen LogP contribution in [0.5, 0.6) is 0 Å². The van der Waals surface area contributed by atoms with E-state index in [9.17, 15) is 0 Å². The van der Waals surface area contributed by atoms with Gasteiger partial charge in [0.1, 0.15) is 12.2 Å². The van der Waals surface area contributed by atoms with Crippen molar-refractivity contribution >= 4 is 15.9 Å². The second-order valence-corrected chi connectivity index (χ2v) is 4.92. The molecule has 1 aromatic heterocycles. The molecule has 0 aliphatic heterocycles. The Hall–Kier alpha value is -0.420. The number of halogens is 1. The zero-order chi connectivity index (χ0) is 12.0. The number of nitrogens with zero attached hydrogens (tertiary/aromatic N) is 4. The van der Waals surface area contributed by atoms with E-state index < -0.39 is 0 Å². The van der Waals surface area contributed by atoms with E-state index in [0.29, 0.717) is 6.04 Å². The average Bonchev–Trinajstić information content (AvgIpc) is 2.72. The van der Waals surface area contributed by atoms with Crippen molar-refractivity contribution in [1.82, 2.24) is 19.7 Å². The molecule has 0 saturated carbocycles. The smallest absolute Gasteiger partial charge is 0.141 e. The van der Waals surface area contributed by atoms with Crippen molar-refractivity contribution < 1.29 is 0 Å². The zero-order valence-electron chi connectivity index (χ0n) is 10.4. The van der Waals surface area contributed by atoms with Gasteiger partial charge in [-0.2, -0.15) is 5.10 Å². The molecule has 16 heavy (non-hydrogen) atoms. The molecule has 1 heterocycles. The zero-order valence-corrected chi connectivity index (χ0v) is 11.9. The average molecular weight is 289 g/mol. The van der Waals surface area contributed by atoms with Gasteiger partial charge < -0.3 is 0 Å². The first kappa shape index (κ1) is 13.6. The van der Waals surface area contributed by atoms with Gasteiger partial charge in [-0.25, -0.2) is 9.67 Å². The van der Waals surface area contributed by atoms with E-state index in [4.69, 9.17) is 0 Å². The molecule has 0 aliphatic rings. The standard InChI is InChI=1S/C11H21BrN4/c1-4-15(7-5-6-12)8-11-13-9-14-16(11)10(2)3/h9-10H,4-8H2,1-3H3. The quantitative estimate of drug-likeness (QED) is 0.723. The molecule has 5 heteroatoms. The maximum absolute atomic E-state index is 4.33. The van der Waals surface area contributed by atoms with Gasteiger partial charge in [0.2, 0.25) is 0 Å². The maximum Gasteiger partial charge on any atom is 0.141 e. The van der Waals surface area contributed by atoms with Crippen LogP contribution in [0.15, 0.2) is 6.33 Å². The molecule has 0 aliphatic carbocycles. The summed E-state index contributed by atoms with van der Waals surface area (Å²) in [6.07, 6.45) is 2.82. The lowest BCUT2D eigenvalue weighted by Gasteiger charge is -2.20. The lowest BCUT2D eigenvalue weighted by molar-refractivity contribution is 0.266. The van der Waals surface area contributed by atoms with Crippen LogP contribution < -0.4 is 0 Å². The predicted octanol–water partition coefficient (Wildman–Crippen LogP) is 2.47. The van der Waals surface area contributed by atoms with Crippen LogP contribution in [0.25, 0.3) is 0 Å². The summed E-state index contributed by atoms with van der Waals surface area (Å²) in [7, 11) is 0. The molecule has 1 rings (SSSR count). The summed E-state index contributed by atoms with van der Waals surface area (Å²) in [4.78, 5) is 6.72. The van der Waals surface area contributed by atoms with Crippen LogP contribution in [0.1, 0.15) is 39.1 Å². The SMILES string of the molecule is CCN(CCCBr)Cc1ncnn1C(C)C. The molecular formula is C11H21BrN4. The van der Waals surface area contributed by atoms with E-state index in [1.165, 1.54) is 6.42 Å². The van der Waals surface area contributed by atoms with Gasteiger partial charge in [0.15, 0.2) is 0 Å². The second-order valence-electron chi connectivity index (χ2n) is 4.13. The Kier molecular flexibility index (Phi) is 5.98. The van der Waals surface area contributed by atoms with Gasteiger partial charge in [-0.1, -0.05) is 22.9 Å². The summed E-state index contributed by atoms with van der Waals surface area (Å²) in [5.74, 6) is 1.06. The number of rotatable bonds is 7. The van der Waals surface area contributed by atoms with Gasteiger partial charge in [0, 0.05) is 11.4 Å². The summed E-state index contributed by atoms with van der Waals surface area (Å²) >= 11 is 3.46. The van der Waals surface area contributed by atoms with Crippen molar-refractivity contribution in [2.75, 3.05) is 18.4 Å². The Morgan fingerprint density at radius 3 is 2.81 bits per heavy atom. The highest BCUT2D eigenvalue weighted by molar-refractivity contribution is 9.09. The molecule has 0 aromatic carbocycles. The lowest BCUT2D eigenvalue weighted by Crippen LogP contribution is -2.26. The first-order valence-electron chi connectivity index (χ1n) is 5.85. The summed E-state index contributed by atoms with van der Waals surface area (Å²) in [5.41, 5.74) is 0. The molecule has 0 amide bonds. The molecule has 0 saturated heterocycles. The van der Waals surface area contributed by atoms with E-state index in [1.807, 2.05) is 4.68 Å². The first-order chi connectivity index (χ1) is 7.69. The number of alkyl halides is 1. The summed E-state index contributed by atoms with van der Waals surface area (Å²) in [5, 5.41) is 5.31. The highest BCUT2D eigenvalue weighted by atomic mass is 79.9. The normalized spacial score (nSPS) is 11.6. The number of aromatic nitrogens is 3. The fraction of sp³-hybridized carbons (Fsp3) is 0.818. The van der Waals surface area contributed by atoms with Crippen molar-refractivity contribution in [3.05, 3.63) is 12.2 Å². The van der Waals surface area contributed by atoms with Gasteiger partial charge in [0.05, 0.1) is 6.54 Å². The van der Waals surface area contributed by atoms with Crippen LogP contribution in [0, 0.1) is 0 Å². The van der Waals surface area contributed by atoms with Gasteiger partial charge >= 0.3 is 0 Å². The third-order valence-corrected chi connectivity index (χ3v) is 3.12. The van der Waals surface area contributed by atoms with Crippen LogP contribution in [-0.2, 0) is 6.54 Å². The highest BCUT2D eigenvalue weighted by Gasteiger charge is 2.11. The summed E-state index contributed by atoms with van der Waals surface area (Å²) < 4.78 is 2.00. The Morgan fingerprint density at radius 2 is 2.25 bits per heavy atom. The molecule has 0 spiro atoms. The van der Waals surface area contributed by atoms with Crippen LogP contribution in [0.2, 0.25) is 0 Å². The van der Waals surface area contributed by atoms with Crippen LogP contribution in [-0.4, -0.2) is 38.1 Å². The van der Waals surface area contributed by atoms with Crippen LogP contribution in [0.3, 0.4) is 0 Å². The van der Waals surface area contributed by atoms with E-state index in [-0.39, 0.29) is 0 Å². The van der Waals surface area contributed by atoms with Gasteiger partial charge in [-0.3, -0.25) is 4.90 Å². The molecule has 4 nitrogen and oxygen atoms in total. The van der Waals surface area contributed by atoms with Crippen molar-refractivity contribution in [2.45, 2.75) is 39.8 Å². The minimum Gasteiger partial charge on any atom is -0.296 e. The Balaban J connectivity index is 2.59. The van der Waals surface area contributed by atoms with Gasteiger partial charge in [-0.15, -0.1) is 0 Å². The molecule has 0 N–H and O–H groups in total. The van der Waals surface area contributed by atoms with Crippen molar-refractivity contribution in [3.63, 3.8) is 0 Å². The third-order valence-electron chi connectivity index (χ3n) is 2.56. The van der Waals surface area contributed by atoms with Crippen molar-refractivity contribution in [2.24, 2.45) is 0 Å². The Bertz CT molecular complexity index is 298. The van der Waals surface area contributed by atoms with E-state index in [2.05, 4.69) is 51.7 Å². The van der Waals surface area contributed by atoms with Gasteiger partial charge in [-0.05, 0) is 33.4 Å². The molecule has 0 unspecified atom stereocenters. The molecule has 0 radical (unpaired) electrons. The lowest BCUT2D eigenvalue weighted by atomic mass is 10.3. The minimum absolute atomic E-state index is 0.382. The summed E-state index contributed by atoms with van der Waals surface area (Å²) in [6, 6.07) is 0.382. The van der Waals surface area contributed by atoms with E-state index in [0.717, 1.165) is 30.8 Å². The monoisotopic (exact) mass is 288 g/mol. The maximum atomic E-state index is 4.33. The molecule has 0 atom stereocenters. The fourth-order valence-electron chi connectivity index (χ4n) is 1.65. The van der Waals surface area contributed by atoms with Gasteiger partial charge in [0.25, 0.3) is 0 Å². The Labute approximate surface area is 106 Å². The molecule has 1 aromatic rings.